The van der Waals surface area contributed by atoms with Crippen molar-refractivity contribution in [3.05, 3.63) is 0 Å². The molecule has 3 heteroatoms. The summed E-state index contributed by atoms with van der Waals surface area (Å²) < 4.78 is 0. The fourth-order valence-electron chi connectivity index (χ4n) is 2.77. The molecule has 102 valence electrons. The van der Waals surface area contributed by atoms with Crippen LogP contribution in [0.1, 0.15) is 46.0 Å². The molecule has 1 aliphatic heterocycles. The Morgan fingerprint density at radius 1 is 1.18 bits per heavy atom. The van der Waals surface area contributed by atoms with Crippen LogP contribution >= 0.6 is 0 Å². The lowest BCUT2D eigenvalue weighted by atomic mass is 9.92. The Balaban J connectivity index is 2.40. The van der Waals surface area contributed by atoms with Gasteiger partial charge < -0.3 is 15.1 Å². The van der Waals surface area contributed by atoms with Gasteiger partial charge in [0.15, 0.2) is 0 Å². The fraction of sp³-hybridized carbons (Fsp3) is 1.00. The van der Waals surface area contributed by atoms with Gasteiger partial charge in [0, 0.05) is 12.0 Å². The van der Waals surface area contributed by atoms with Crippen LogP contribution in [0.25, 0.3) is 0 Å². The summed E-state index contributed by atoms with van der Waals surface area (Å²) in [5, 5.41) is 18.7. The molecule has 0 radical (unpaired) electrons. The predicted molar refractivity (Wildman–Crippen MR) is 71.0 cm³/mol. The Morgan fingerprint density at radius 2 is 1.88 bits per heavy atom. The summed E-state index contributed by atoms with van der Waals surface area (Å²) >= 11 is 0. The van der Waals surface area contributed by atoms with Crippen LogP contribution in [-0.2, 0) is 0 Å². The minimum absolute atomic E-state index is 0.0678. The number of likely N-dealkylation sites (tertiary alicyclic amines) is 1. The van der Waals surface area contributed by atoms with Crippen molar-refractivity contribution in [1.29, 1.82) is 0 Å². The lowest BCUT2D eigenvalue weighted by molar-refractivity contribution is 0.0357. The molecule has 1 unspecified atom stereocenters. The molecule has 0 saturated carbocycles. The summed E-state index contributed by atoms with van der Waals surface area (Å²) in [6.45, 7) is 7.42. The van der Waals surface area contributed by atoms with Crippen molar-refractivity contribution in [2.75, 3.05) is 32.8 Å². The van der Waals surface area contributed by atoms with E-state index in [0.29, 0.717) is 0 Å². The highest BCUT2D eigenvalue weighted by atomic mass is 16.3. The van der Waals surface area contributed by atoms with Gasteiger partial charge in [-0.1, -0.05) is 26.7 Å². The molecule has 1 heterocycles. The number of nitrogens with zero attached hydrogens (tertiary/aromatic N) is 1. The van der Waals surface area contributed by atoms with E-state index in [4.69, 9.17) is 0 Å². The van der Waals surface area contributed by atoms with Crippen molar-refractivity contribution < 1.29 is 10.2 Å². The first-order valence-corrected chi connectivity index (χ1v) is 7.07. The molecule has 2 N–H and O–H groups in total. The highest BCUT2D eigenvalue weighted by Gasteiger charge is 2.27. The van der Waals surface area contributed by atoms with Gasteiger partial charge in [-0.2, -0.15) is 0 Å². The molecule has 17 heavy (non-hydrogen) atoms. The third-order valence-electron chi connectivity index (χ3n) is 4.01. The van der Waals surface area contributed by atoms with E-state index in [1.165, 1.54) is 32.1 Å². The zero-order chi connectivity index (χ0) is 12.7. The fourth-order valence-corrected chi connectivity index (χ4v) is 2.77. The highest BCUT2D eigenvalue weighted by Crippen LogP contribution is 2.24. The van der Waals surface area contributed by atoms with Crippen molar-refractivity contribution in [3.63, 3.8) is 0 Å². The van der Waals surface area contributed by atoms with Gasteiger partial charge in [-0.15, -0.1) is 0 Å². The van der Waals surface area contributed by atoms with Gasteiger partial charge in [0.05, 0.1) is 13.2 Å². The lowest BCUT2D eigenvalue weighted by Gasteiger charge is -2.32. The Bertz CT molecular complexity index is 204. The van der Waals surface area contributed by atoms with Crippen molar-refractivity contribution >= 4 is 0 Å². The molecule has 1 saturated heterocycles. The quantitative estimate of drug-likeness (QED) is 0.748. The van der Waals surface area contributed by atoms with E-state index in [1.54, 1.807) is 0 Å². The lowest BCUT2D eigenvalue weighted by Crippen LogP contribution is -2.41. The number of aliphatic hydroxyl groups excluding tert-OH is 2. The standard InChI is InChI=1S/C14H29NO2/c1-3-5-13-6-4-8-15(9-7-13)10-14(2,11-16)12-17/h13,16-17H,3-12H2,1-2H3. The summed E-state index contributed by atoms with van der Waals surface area (Å²) in [4.78, 5) is 2.42. The largest absolute Gasteiger partial charge is 0.396 e. The van der Waals surface area contributed by atoms with Crippen LogP contribution in [0.2, 0.25) is 0 Å². The molecule has 0 aliphatic carbocycles. The Labute approximate surface area is 106 Å². The average molecular weight is 243 g/mol. The van der Waals surface area contributed by atoms with Gasteiger partial charge in [-0.05, 0) is 38.3 Å². The van der Waals surface area contributed by atoms with Gasteiger partial charge in [-0.3, -0.25) is 0 Å². The zero-order valence-electron chi connectivity index (χ0n) is 11.5. The molecule has 0 spiro atoms. The SMILES string of the molecule is CCCC1CCCN(CC(C)(CO)CO)CC1. The first-order chi connectivity index (χ1) is 8.13. The van der Waals surface area contributed by atoms with Crippen LogP contribution in [-0.4, -0.2) is 48.0 Å². The van der Waals surface area contributed by atoms with Crippen LogP contribution in [0.5, 0.6) is 0 Å². The van der Waals surface area contributed by atoms with E-state index in [0.717, 1.165) is 25.6 Å². The van der Waals surface area contributed by atoms with E-state index in [1.807, 2.05) is 6.92 Å². The maximum absolute atomic E-state index is 9.34. The molecule has 0 aromatic carbocycles. The van der Waals surface area contributed by atoms with Gasteiger partial charge in [0.1, 0.15) is 0 Å². The minimum atomic E-state index is -0.343. The summed E-state index contributed by atoms with van der Waals surface area (Å²) in [6, 6.07) is 0. The van der Waals surface area contributed by atoms with E-state index in [2.05, 4.69) is 11.8 Å². The van der Waals surface area contributed by atoms with Gasteiger partial charge in [0.2, 0.25) is 0 Å². The van der Waals surface area contributed by atoms with Crippen LogP contribution in [0.15, 0.2) is 0 Å². The van der Waals surface area contributed by atoms with E-state index in [9.17, 15) is 10.2 Å². The summed E-state index contributed by atoms with van der Waals surface area (Å²) in [6.07, 6.45) is 6.53. The first kappa shape index (κ1) is 14.9. The highest BCUT2D eigenvalue weighted by molar-refractivity contribution is 4.79. The number of rotatable bonds is 6. The summed E-state index contributed by atoms with van der Waals surface area (Å²) in [5.41, 5.74) is -0.343. The predicted octanol–water partition coefficient (Wildman–Crippen LogP) is 1.88. The second-order valence-electron chi connectivity index (χ2n) is 5.99. The van der Waals surface area contributed by atoms with Crippen LogP contribution in [0, 0.1) is 11.3 Å². The molecule has 1 fully saturated rings. The molecule has 0 aromatic rings. The number of hydrogen-bond donors (Lipinski definition) is 2. The van der Waals surface area contributed by atoms with E-state index in [-0.39, 0.29) is 18.6 Å². The Morgan fingerprint density at radius 3 is 2.47 bits per heavy atom. The second kappa shape index (κ2) is 7.34. The maximum Gasteiger partial charge on any atom is 0.0519 e. The molecular formula is C14H29NO2. The minimum Gasteiger partial charge on any atom is -0.396 e. The van der Waals surface area contributed by atoms with Gasteiger partial charge in [-0.25, -0.2) is 0 Å². The van der Waals surface area contributed by atoms with Crippen LogP contribution in [0.4, 0.5) is 0 Å². The van der Waals surface area contributed by atoms with E-state index < -0.39 is 0 Å². The number of hydrogen-bond acceptors (Lipinski definition) is 3. The second-order valence-corrected chi connectivity index (χ2v) is 5.99. The molecule has 0 amide bonds. The molecule has 1 aliphatic rings. The van der Waals surface area contributed by atoms with Gasteiger partial charge >= 0.3 is 0 Å². The molecular weight excluding hydrogens is 214 g/mol. The monoisotopic (exact) mass is 243 g/mol. The summed E-state index contributed by atoms with van der Waals surface area (Å²) in [7, 11) is 0. The Kier molecular flexibility index (Phi) is 6.45. The van der Waals surface area contributed by atoms with Crippen LogP contribution in [0.3, 0.4) is 0 Å². The topological polar surface area (TPSA) is 43.7 Å². The first-order valence-electron chi connectivity index (χ1n) is 7.07. The molecule has 0 bridgehead atoms. The third kappa shape index (κ3) is 4.94. The van der Waals surface area contributed by atoms with Crippen molar-refractivity contribution in [3.8, 4) is 0 Å². The average Bonchev–Trinajstić information content (AvgIpc) is 2.55. The molecule has 1 rings (SSSR count). The van der Waals surface area contributed by atoms with Crippen molar-refractivity contribution in [2.45, 2.75) is 46.0 Å². The normalized spacial score (nSPS) is 23.6. The molecule has 3 nitrogen and oxygen atoms in total. The molecule has 1 atom stereocenters. The van der Waals surface area contributed by atoms with E-state index >= 15 is 0 Å². The zero-order valence-corrected chi connectivity index (χ0v) is 11.5. The van der Waals surface area contributed by atoms with Gasteiger partial charge in [0.25, 0.3) is 0 Å². The smallest absolute Gasteiger partial charge is 0.0519 e. The van der Waals surface area contributed by atoms with Crippen LogP contribution < -0.4 is 0 Å². The molecule has 0 aromatic heterocycles. The number of aliphatic hydroxyl groups is 2. The Hall–Kier alpha value is -0.120. The summed E-state index contributed by atoms with van der Waals surface area (Å²) in [5.74, 6) is 0.888. The maximum atomic E-state index is 9.34. The third-order valence-corrected chi connectivity index (χ3v) is 4.01. The van der Waals surface area contributed by atoms with Crippen molar-refractivity contribution in [2.24, 2.45) is 11.3 Å². The van der Waals surface area contributed by atoms with Crippen molar-refractivity contribution in [1.82, 2.24) is 4.90 Å².